The molecule has 1 atom stereocenters. The first-order valence-electron chi connectivity index (χ1n) is 4.43. The summed E-state index contributed by atoms with van der Waals surface area (Å²) in [6, 6.07) is 0. The molecule has 2 aliphatic carbocycles. The highest BCUT2D eigenvalue weighted by Crippen LogP contribution is 2.41. The molecule has 11 heavy (non-hydrogen) atoms. The van der Waals surface area contributed by atoms with Crippen molar-refractivity contribution >= 4 is 0 Å². The number of hydrogen-bond acceptors (Lipinski definition) is 0. The second kappa shape index (κ2) is 2.37. The number of fused-ring (bicyclic) bond motifs is 2. The Bertz CT molecular complexity index is 264. The Hall–Kier alpha value is -0.780. The summed E-state index contributed by atoms with van der Waals surface area (Å²) < 4.78 is 0. The van der Waals surface area contributed by atoms with Crippen molar-refractivity contribution < 1.29 is 0 Å². The highest BCUT2D eigenvalue weighted by atomic mass is 14.3. The molecule has 0 saturated heterocycles. The van der Waals surface area contributed by atoms with Crippen LogP contribution in [-0.4, -0.2) is 0 Å². The van der Waals surface area contributed by atoms with Gasteiger partial charge in [0.15, 0.2) is 0 Å². The molecular formula is C11H14. The Kier molecular flexibility index (Phi) is 1.49. The maximum atomic E-state index is 2.33. The molecule has 2 rings (SSSR count). The highest BCUT2D eigenvalue weighted by Gasteiger charge is 2.26. The van der Waals surface area contributed by atoms with Crippen LogP contribution in [-0.2, 0) is 0 Å². The van der Waals surface area contributed by atoms with Crippen molar-refractivity contribution in [1.82, 2.24) is 0 Å². The zero-order valence-corrected chi connectivity index (χ0v) is 7.22. The summed E-state index contributed by atoms with van der Waals surface area (Å²) in [6.07, 6.45) is 9.50. The van der Waals surface area contributed by atoms with Gasteiger partial charge in [0, 0.05) is 5.92 Å². The quantitative estimate of drug-likeness (QED) is 0.561. The van der Waals surface area contributed by atoms with E-state index in [0.717, 1.165) is 5.92 Å². The van der Waals surface area contributed by atoms with Crippen molar-refractivity contribution in [3.8, 4) is 0 Å². The van der Waals surface area contributed by atoms with Crippen LogP contribution >= 0.6 is 0 Å². The molecule has 0 saturated carbocycles. The first kappa shape index (κ1) is 6.90. The second-order valence-electron chi connectivity index (χ2n) is 3.46. The van der Waals surface area contributed by atoms with Crippen molar-refractivity contribution in [2.24, 2.45) is 5.92 Å². The van der Waals surface area contributed by atoms with Crippen molar-refractivity contribution in [3.05, 3.63) is 34.9 Å². The van der Waals surface area contributed by atoms with Gasteiger partial charge in [0.2, 0.25) is 0 Å². The molecule has 0 aromatic rings. The van der Waals surface area contributed by atoms with Crippen LogP contribution < -0.4 is 0 Å². The molecule has 0 spiro atoms. The summed E-state index contributed by atoms with van der Waals surface area (Å²) in [5.74, 6) is 0.764. The van der Waals surface area contributed by atoms with Gasteiger partial charge in [-0.3, -0.25) is 0 Å². The van der Waals surface area contributed by atoms with E-state index >= 15 is 0 Å². The molecule has 1 unspecified atom stereocenters. The van der Waals surface area contributed by atoms with Crippen LogP contribution in [0.1, 0.15) is 26.7 Å². The van der Waals surface area contributed by atoms with Crippen LogP contribution in [0.15, 0.2) is 34.9 Å². The fourth-order valence-corrected chi connectivity index (χ4v) is 2.10. The van der Waals surface area contributed by atoms with E-state index in [2.05, 4.69) is 32.1 Å². The van der Waals surface area contributed by atoms with Gasteiger partial charge in [0.25, 0.3) is 0 Å². The molecule has 0 heterocycles. The topological polar surface area (TPSA) is 0 Å². The SMILES string of the molecule is CCCC1C2=CC(C)=C1C=C2. The van der Waals surface area contributed by atoms with Gasteiger partial charge in [0.1, 0.15) is 0 Å². The standard InChI is InChI=1S/C11H14/c1-3-4-11-9-5-6-10(11)8(2)7-9/h5-7,11H,3-4H2,1-2H3. The minimum absolute atomic E-state index is 0.764. The zero-order valence-electron chi connectivity index (χ0n) is 7.22. The summed E-state index contributed by atoms with van der Waals surface area (Å²) in [6.45, 7) is 4.47. The lowest BCUT2D eigenvalue weighted by molar-refractivity contribution is 0.667. The van der Waals surface area contributed by atoms with Crippen molar-refractivity contribution in [2.75, 3.05) is 0 Å². The van der Waals surface area contributed by atoms with Crippen molar-refractivity contribution in [3.63, 3.8) is 0 Å². The lowest BCUT2D eigenvalue weighted by Gasteiger charge is -2.07. The Morgan fingerprint density at radius 1 is 1.36 bits per heavy atom. The van der Waals surface area contributed by atoms with E-state index in [9.17, 15) is 0 Å². The molecular weight excluding hydrogens is 132 g/mol. The third-order valence-corrected chi connectivity index (χ3v) is 2.65. The fourth-order valence-electron chi connectivity index (χ4n) is 2.10. The predicted molar refractivity (Wildman–Crippen MR) is 48.3 cm³/mol. The maximum absolute atomic E-state index is 2.33. The van der Waals surface area contributed by atoms with Crippen LogP contribution in [0.2, 0.25) is 0 Å². The van der Waals surface area contributed by atoms with E-state index < -0.39 is 0 Å². The van der Waals surface area contributed by atoms with E-state index in [1.165, 1.54) is 18.4 Å². The molecule has 0 N–H and O–H groups in total. The lowest BCUT2D eigenvalue weighted by atomic mass is 9.96. The number of allylic oxidation sites excluding steroid dienone is 6. The Morgan fingerprint density at radius 3 is 2.64 bits per heavy atom. The molecule has 0 heteroatoms. The number of rotatable bonds is 2. The lowest BCUT2D eigenvalue weighted by Crippen LogP contribution is -1.95. The average molecular weight is 146 g/mol. The van der Waals surface area contributed by atoms with Gasteiger partial charge >= 0.3 is 0 Å². The van der Waals surface area contributed by atoms with E-state index in [1.807, 2.05) is 0 Å². The molecule has 58 valence electrons. The Labute approximate surface area is 68.3 Å². The molecule has 0 fully saturated rings. The van der Waals surface area contributed by atoms with Gasteiger partial charge in [-0.05, 0) is 30.1 Å². The number of hydrogen-bond donors (Lipinski definition) is 0. The first-order valence-corrected chi connectivity index (χ1v) is 4.43. The molecule has 0 nitrogen and oxygen atoms in total. The van der Waals surface area contributed by atoms with Gasteiger partial charge in [-0.2, -0.15) is 0 Å². The molecule has 2 bridgehead atoms. The highest BCUT2D eigenvalue weighted by molar-refractivity contribution is 5.56. The fraction of sp³-hybridized carbons (Fsp3) is 0.455. The molecule has 0 aromatic heterocycles. The maximum Gasteiger partial charge on any atom is 0.00919 e. The van der Waals surface area contributed by atoms with Crippen molar-refractivity contribution in [2.45, 2.75) is 26.7 Å². The summed E-state index contributed by atoms with van der Waals surface area (Å²) in [4.78, 5) is 0. The molecule has 0 aromatic carbocycles. The van der Waals surface area contributed by atoms with Crippen LogP contribution in [0.4, 0.5) is 0 Å². The summed E-state index contributed by atoms with van der Waals surface area (Å²) in [5.41, 5.74) is 4.60. The van der Waals surface area contributed by atoms with Crippen LogP contribution in [0.25, 0.3) is 0 Å². The Morgan fingerprint density at radius 2 is 2.18 bits per heavy atom. The molecule has 0 radical (unpaired) electrons. The summed E-state index contributed by atoms with van der Waals surface area (Å²) >= 11 is 0. The predicted octanol–water partition coefficient (Wildman–Crippen LogP) is 3.23. The van der Waals surface area contributed by atoms with Gasteiger partial charge in [-0.15, -0.1) is 0 Å². The van der Waals surface area contributed by atoms with Gasteiger partial charge in [0.05, 0.1) is 0 Å². The first-order chi connectivity index (χ1) is 5.33. The van der Waals surface area contributed by atoms with Crippen molar-refractivity contribution in [1.29, 1.82) is 0 Å². The van der Waals surface area contributed by atoms with E-state index in [1.54, 1.807) is 11.1 Å². The molecule has 0 amide bonds. The largest absolute Gasteiger partial charge is 0.0653 e. The third kappa shape index (κ3) is 0.891. The smallest absolute Gasteiger partial charge is 0.00919 e. The minimum atomic E-state index is 0.764. The monoisotopic (exact) mass is 146 g/mol. The van der Waals surface area contributed by atoms with Crippen LogP contribution in [0, 0.1) is 5.92 Å². The van der Waals surface area contributed by atoms with E-state index in [-0.39, 0.29) is 0 Å². The van der Waals surface area contributed by atoms with Gasteiger partial charge < -0.3 is 0 Å². The normalized spacial score (nSPS) is 26.7. The summed E-state index contributed by atoms with van der Waals surface area (Å²) in [7, 11) is 0. The minimum Gasteiger partial charge on any atom is -0.0653 e. The van der Waals surface area contributed by atoms with Gasteiger partial charge in [-0.1, -0.05) is 31.6 Å². The van der Waals surface area contributed by atoms with Crippen LogP contribution in [0.5, 0.6) is 0 Å². The third-order valence-electron chi connectivity index (χ3n) is 2.65. The van der Waals surface area contributed by atoms with E-state index in [4.69, 9.17) is 0 Å². The second-order valence-corrected chi connectivity index (χ2v) is 3.46. The molecule has 0 aliphatic heterocycles. The Balaban J connectivity index is 2.26. The molecule has 2 aliphatic rings. The van der Waals surface area contributed by atoms with E-state index in [0.29, 0.717) is 0 Å². The zero-order chi connectivity index (χ0) is 7.84. The van der Waals surface area contributed by atoms with Gasteiger partial charge in [-0.25, -0.2) is 0 Å². The van der Waals surface area contributed by atoms with Crippen LogP contribution in [0.3, 0.4) is 0 Å². The summed E-state index contributed by atoms with van der Waals surface area (Å²) in [5, 5.41) is 0. The average Bonchev–Trinajstić information content (AvgIpc) is 2.46.